The predicted molar refractivity (Wildman–Crippen MR) is 74.9 cm³/mol. The lowest BCUT2D eigenvalue weighted by Gasteiger charge is -2.12. The summed E-state index contributed by atoms with van der Waals surface area (Å²) in [5.41, 5.74) is 0.573. The molecule has 0 saturated heterocycles. The zero-order chi connectivity index (χ0) is 15.3. The molecule has 0 bridgehead atoms. The second kappa shape index (κ2) is 6.93. The highest BCUT2D eigenvalue weighted by Gasteiger charge is 2.31. The van der Waals surface area contributed by atoms with Gasteiger partial charge in [0, 0.05) is 23.7 Å². The first-order chi connectivity index (χ1) is 10.0. The topological polar surface area (TPSA) is 43.6 Å². The van der Waals surface area contributed by atoms with Gasteiger partial charge in [-0.25, -0.2) is 0 Å². The molecule has 0 amide bonds. The first-order valence-electron chi connectivity index (χ1n) is 6.54. The van der Waals surface area contributed by atoms with Crippen LogP contribution in [0.15, 0.2) is 29.7 Å². The molecule has 0 atom stereocenters. The van der Waals surface area contributed by atoms with Crippen molar-refractivity contribution in [2.75, 3.05) is 5.75 Å². The number of nitrogens with zero attached hydrogens (tertiary/aromatic N) is 4. The Morgan fingerprint density at radius 1 is 1.19 bits per heavy atom. The Morgan fingerprint density at radius 3 is 2.52 bits per heavy atom. The van der Waals surface area contributed by atoms with Crippen molar-refractivity contribution in [3.63, 3.8) is 0 Å². The van der Waals surface area contributed by atoms with E-state index in [-0.39, 0.29) is 5.82 Å². The van der Waals surface area contributed by atoms with Crippen LogP contribution in [0.4, 0.5) is 13.2 Å². The molecule has 0 fully saturated rings. The largest absolute Gasteiger partial charge is 0.406 e. The van der Waals surface area contributed by atoms with Crippen molar-refractivity contribution < 1.29 is 13.2 Å². The van der Waals surface area contributed by atoms with Gasteiger partial charge in [-0.2, -0.15) is 13.2 Å². The Morgan fingerprint density at radius 2 is 1.90 bits per heavy atom. The van der Waals surface area contributed by atoms with Gasteiger partial charge in [0.25, 0.3) is 0 Å². The van der Waals surface area contributed by atoms with Gasteiger partial charge in [0.05, 0.1) is 0 Å². The quantitative estimate of drug-likeness (QED) is 0.601. The van der Waals surface area contributed by atoms with Crippen molar-refractivity contribution in [1.29, 1.82) is 0 Å². The minimum atomic E-state index is -4.32. The molecule has 0 radical (unpaired) electrons. The van der Waals surface area contributed by atoms with Crippen LogP contribution in [0.5, 0.6) is 0 Å². The molecular formula is C13H15F3N4S. The number of halogens is 3. The van der Waals surface area contributed by atoms with Crippen LogP contribution in [0.1, 0.15) is 19.8 Å². The molecule has 2 aromatic rings. The molecule has 0 spiro atoms. The normalized spacial score (nSPS) is 11.8. The van der Waals surface area contributed by atoms with Gasteiger partial charge in [-0.05, 0) is 18.6 Å². The van der Waals surface area contributed by atoms with Crippen molar-refractivity contribution in [2.24, 2.45) is 0 Å². The monoisotopic (exact) mass is 316 g/mol. The molecule has 2 aromatic heterocycles. The SMILES string of the molecule is CCCCSc1nnc(-c2ccncc2)n1CC(F)(F)F. The summed E-state index contributed by atoms with van der Waals surface area (Å²) < 4.78 is 39.5. The van der Waals surface area contributed by atoms with Gasteiger partial charge in [0.1, 0.15) is 6.54 Å². The average molecular weight is 316 g/mol. The van der Waals surface area contributed by atoms with Gasteiger partial charge in [-0.1, -0.05) is 25.1 Å². The van der Waals surface area contributed by atoms with E-state index in [0.717, 1.165) is 23.2 Å². The summed E-state index contributed by atoms with van der Waals surface area (Å²) in [6.07, 6.45) is 0.633. The van der Waals surface area contributed by atoms with Crippen LogP contribution in [0.3, 0.4) is 0 Å². The van der Waals surface area contributed by atoms with Crippen molar-refractivity contribution >= 4 is 11.8 Å². The smallest absolute Gasteiger partial charge is 0.293 e. The average Bonchev–Trinajstić information content (AvgIpc) is 2.81. The molecule has 0 saturated carbocycles. The molecule has 8 heteroatoms. The summed E-state index contributed by atoms with van der Waals surface area (Å²) in [4.78, 5) is 3.86. The lowest BCUT2D eigenvalue weighted by atomic mass is 10.2. The summed E-state index contributed by atoms with van der Waals surface area (Å²) in [6.45, 7) is 0.940. The van der Waals surface area contributed by atoms with Crippen molar-refractivity contribution in [1.82, 2.24) is 19.7 Å². The zero-order valence-corrected chi connectivity index (χ0v) is 12.3. The van der Waals surface area contributed by atoms with Crippen LogP contribution < -0.4 is 0 Å². The Hall–Kier alpha value is -1.57. The third-order valence-corrected chi connectivity index (χ3v) is 3.77. The first-order valence-corrected chi connectivity index (χ1v) is 7.53. The minimum absolute atomic E-state index is 0.216. The highest BCUT2D eigenvalue weighted by molar-refractivity contribution is 7.99. The van der Waals surface area contributed by atoms with Gasteiger partial charge in [0.15, 0.2) is 11.0 Å². The Balaban J connectivity index is 2.32. The number of pyridine rings is 1. The number of thioether (sulfide) groups is 1. The van der Waals surface area contributed by atoms with E-state index in [0.29, 0.717) is 10.7 Å². The standard InChI is InChI=1S/C13H15F3N4S/c1-2-3-8-21-12-19-18-11(10-4-6-17-7-5-10)20(12)9-13(14,15)16/h4-7H,2-3,8-9H2,1H3. The molecule has 0 aliphatic heterocycles. The van der Waals surface area contributed by atoms with Crippen LogP contribution in [-0.4, -0.2) is 31.7 Å². The number of unbranched alkanes of at least 4 members (excludes halogenated alkanes) is 1. The fraction of sp³-hybridized carbons (Fsp3) is 0.462. The second-order valence-electron chi connectivity index (χ2n) is 4.45. The molecule has 0 N–H and O–H groups in total. The summed E-state index contributed by atoms with van der Waals surface area (Å²) in [6, 6.07) is 3.24. The van der Waals surface area contributed by atoms with Crippen LogP contribution >= 0.6 is 11.8 Å². The molecule has 2 rings (SSSR count). The van der Waals surface area contributed by atoms with Crippen LogP contribution in [-0.2, 0) is 6.54 Å². The molecule has 114 valence electrons. The molecule has 0 aromatic carbocycles. The zero-order valence-electron chi connectivity index (χ0n) is 11.5. The van der Waals surface area contributed by atoms with Crippen LogP contribution in [0.25, 0.3) is 11.4 Å². The summed E-state index contributed by atoms with van der Waals surface area (Å²) >= 11 is 1.30. The van der Waals surface area contributed by atoms with E-state index < -0.39 is 12.7 Å². The highest BCUT2D eigenvalue weighted by atomic mass is 32.2. The van der Waals surface area contributed by atoms with E-state index in [4.69, 9.17) is 0 Å². The van der Waals surface area contributed by atoms with E-state index in [9.17, 15) is 13.2 Å². The molecule has 0 aliphatic rings. The van der Waals surface area contributed by atoms with Crippen molar-refractivity contribution in [3.8, 4) is 11.4 Å². The van der Waals surface area contributed by atoms with Gasteiger partial charge in [0.2, 0.25) is 0 Å². The predicted octanol–water partition coefficient (Wildman–Crippen LogP) is 3.79. The van der Waals surface area contributed by atoms with E-state index in [1.807, 2.05) is 6.92 Å². The summed E-state index contributed by atoms with van der Waals surface area (Å²) in [5, 5.41) is 8.12. The fourth-order valence-corrected chi connectivity index (χ4v) is 2.76. The summed E-state index contributed by atoms with van der Waals surface area (Å²) in [5.74, 6) is 0.941. The Bertz CT molecular complexity index is 569. The number of rotatable bonds is 6. The maximum Gasteiger partial charge on any atom is 0.406 e. The van der Waals surface area contributed by atoms with Gasteiger partial charge >= 0.3 is 6.18 Å². The van der Waals surface area contributed by atoms with Gasteiger partial charge < -0.3 is 0 Å². The van der Waals surface area contributed by atoms with Crippen LogP contribution in [0.2, 0.25) is 0 Å². The Labute approximate surface area is 124 Å². The molecule has 4 nitrogen and oxygen atoms in total. The number of hydrogen-bond acceptors (Lipinski definition) is 4. The van der Waals surface area contributed by atoms with Gasteiger partial charge in [-0.3, -0.25) is 9.55 Å². The number of alkyl halides is 3. The lowest BCUT2D eigenvalue weighted by Crippen LogP contribution is -2.19. The highest BCUT2D eigenvalue weighted by Crippen LogP contribution is 2.28. The molecule has 0 aliphatic carbocycles. The number of aromatic nitrogens is 4. The lowest BCUT2D eigenvalue weighted by molar-refractivity contribution is -0.141. The molecule has 2 heterocycles. The minimum Gasteiger partial charge on any atom is -0.293 e. The Kier molecular flexibility index (Phi) is 5.22. The van der Waals surface area contributed by atoms with E-state index in [1.165, 1.54) is 24.2 Å². The van der Waals surface area contributed by atoms with E-state index >= 15 is 0 Å². The third kappa shape index (κ3) is 4.45. The molecular weight excluding hydrogens is 301 g/mol. The van der Waals surface area contributed by atoms with E-state index in [2.05, 4.69) is 15.2 Å². The van der Waals surface area contributed by atoms with E-state index in [1.54, 1.807) is 12.1 Å². The third-order valence-electron chi connectivity index (χ3n) is 2.72. The van der Waals surface area contributed by atoms with Crippen molar-refractivity contribution in [2.45, 2.75) is 37.6 Å². The maximum atomic E-state index is 12.8. The second-order valence-corrected chi connectivity index (χ2v) is 5.51. The number of hydrogen-bond donors (Lipinski definition) is 0. The maximum absolute atomic E-state index is 12.8. The van der Waals surface area contributed by atoms with Crippen LogP contribution in [0, 0.1) is 0 Å². The fourth-order valence-electron chi connectivity index (χ4n) is 1.74. The molecule has 21 heavy (non-hydrogen) atoms. The summed E-state index contributed by atoms with van der Waals surface area (Å²) in [7, 11) is 0. The molecule has 0 unspecified atom stereocenters. The van der Waals surface area contributed by atoms with Gasteiger partial charge in [-0.15, -0.1) is 10.2 Å². The first kappa shape index (κ1) is 15.8. The van der Waals surface area contributed by atoms with Crippen molar-refractivity contribution in [3.05, 3.63) is 24.5 Å².